The molecule has 0 fully saturated rings. The van der Waals surface area contributed by atoms with E-state index in [1.165, 1.54) is 4.74 Å². The third-order valence-corrected chi connectivity index (χ3v) is 2.68. The fourth-order valence-corrected chi connectivity index (χ4v) is 1.25. The normalized spacial score (nSPS) is 15.6. The third kappa shape index (κ3) is 3.91. The molecule has 0 aromatic heterocycles. The molecule has 0 saturated carbocycles. The van der Waals surface area contributed by atoms with Gasteiger partial charge in [-0.3, -0.25) is 4.74 Å². The van der Waals surface area contributed by atoms with Crippen molar-refractivity contribution in [1.29, 1.82) is 0 Å². The van der Waals surface area contributed by atoms with Crippen LogP contribution in [0.3, 0.4) is 0 Å². The summed E-state index contributed by atoms with van der Waals surface area (Å²) in [6.07, 6.45) is -23.1. The molecule has 0 unspecified atom stereocenters. The summed E-state index contributed by atoms with van der Waals surface area (Å²) in [7, 11) is 0. The Bertz CT molecular complexity index is 562. The van der Waals surface area contributed by atoms with Gasteiger partial charge in [0.15, 0.2) is 0 Å². The SMILES string of the molecule is CCOC(=O)C(F)(F)C(F)(F)C(F)(F)C(F)(F)OC(F)(C(F)(F)F)C(F)(F)F. The fourth-order valence-electron chi connectivity index (χ4n) is 1.25. The molecule has 0 aliphatic carbocycles. The Balaban J connectivity index is 6.35. The summed E-state index contributed by atoms with van der Waals surface area (Å²) in [4.78, 5) is 10.6. The first kappa shape index (κ1) is 26.4. The van der Waals surface area contributed by atoms with Gasteiger partial charge < -0.3 is 4.74 Å². The smallest absolute Gasteiger partial charge is 0.458 e. The Morgan fingerprint density at radius 2 is 1.04 bits per heavy atom. The van der Waals surface area contributed by atoms with Crippen LogP contribution >= 0.6 is 0 Å². The zero-order chi connectivity index (χ0) is 23.2. The molecule has 0 aromatic carbocycles. The van der Waals surface area contributed by atoms with Crippen molar-refractivity contribution in [2.45, 2.75) is 49.0 Å². The van der Waals surface area contributed by atoms with Crippen molar-refractivity contribution in [3.05, 3.63) is 0 Å². The molecule has 18 heteroatoms. The standard InChI is InChI=1S/C10H5F15O3/c1-2-27-3(26)4(11,12)5(13,14)6(15,16)10(24,25)28-7(17,8(18,19)20)9(21,22)23/h2H2,1H3. The number of esters is 1. The number of hydrogen-bond donors (Lipinski definition) is 0. The summed E-state index contributed by atoms with van der Waals surface area (Å²) in [6.45, 7) is -0.565. The van der Waals surface area contributed by atoms with Crippen LogP contribution < -0.4 is 0 Å². The molecule has 0 aromatic rings. The maximum atomic E-state index is 13.2. The van der Waals surface area contributed by atoms with E-state index in [1.807, 2.05) is 0 Å². The zero-order valence-electron chi connectivity index (χ0n) is 12.6. The molecule has 0 amide bonds. The summed E-state index contributed by atoms with van der Waals surface area (Å²) < 4.78 is 195. The van der Waals surface area contributed by atoms with Gasteiger partial charge in [0, 0.05) is 0 Å². The van der Waals surface area contributed by atoms with Gasteiger partial charge in [0.05, 0.1) is 6.61 Å². The molecule has 0 bridgehead atoms. The summed E-state index contributed by atoms with van der Waals surface area (Å²) in [5.41, 5.74) is 0. The van der Waals surface area contributed by atoms with E-state index in [-0.39, 0.29) is 0 Å². The van der Waals surface area contributed by atoms with Gasteiger partial charge in [-0.15, -0.1) is 0 Å². The molecule has 3 nitrogen and oxygen atoms in total. The second-order valence-corrected chi connectivity index (χ2v) is 4.65. The second kappa shape index (κ2) is 7.01. The molecule has 0 spiro atoms. The number of ether oxygens (including phenoxy) is 2. The minimum absolute atomic E-state index is 0.645. The van der Waals surface area contributed by atoms with Crippen molar-refractivity contribution < 1.29 is 80.1 Å². The fraction of sp³-hybridized carbons (Fsp3) is 0.900. The highest BCUT2D eigenvalue weighted by molar-refractivity contribution is 5.79. The van der Waals surface area contributed by atoms with Gasteiger partial charge in [-0.1, -0.05) is 0 Å². The molecular formula is C10H5F15O3. The van der Waals surface area contributed by atoms with E-state index in [9.17, 15) is 70.7 Å². The predicted octanol–water partition coefficient (Wildman–Crippen LogP) is 4.86. The highest BCUT2D eigenvalue weighted by atomic mass is 19.4. The highest BCUT2D eigenvalue weighted by Gasteiger charge is 2.88. The Labute approximate surface area is 143 Å². The van der Waals surface area contributed by atoms with Crippen LogP contribution in [0.5, 0.6) is 0 Å². The zero-order valence-corrected chi connectivity index (χ0v) is 12.6. The third-order valence-electron chi connectivity index (χ3n) is 2.68. The first-order valence-electron chi connectivity index (χ1n) is 6.15. The van der Waals surface area contributed by atoms with E-state index in [0.717, 1.165) is 0 Å². The van der Waals surface area contributed by atoms with Crippen molar-refractivity contribution in [3.8, 4) is 0 Å². The predicted molar refractivity (Wildman–Crippen MR) is 53.5 cm³/mol. The number of halogens is 15. The average molecular weight is 458 g/mol. The van der Waals surface area contributed by atoms with Crippen LogP contribution in [-0.2, 0) is 14.3 Å². The molecule has 28 heavy (non-hydrogen) atoms. The maximum Gasteiger partial charge on any atom is 0.458 e. The molecule has 0 N–H and O–H groups in total. The summed E-state index contributed by atoms with van der Waals surface area (Å²) in [5, 5.41) is 0. The van der Waals surface area contributed by atoms with Crippen molar-refractivity contribution in [3.63, 3.8) is 0 Å². The molecule has 0 aliphatic rings. The Hall–Kier alpha value is -1.62. The number of carbonyl (C=O) groups is 1. The molecule has 0 saturated heterocycles. The monoisotopic (exact) mass is 458 g/mol. The molecular weight excluding hydrogens is 453 g/mol. The quantitative estimate of drug-likeness (QED) is 0.404. The lowest BCUT2D eigenvalue weighted by Crippen LogP contribution is -2.68. The van der Waals surface area contributed by atoms with Crippen molar-refractivity contribution in [2.75, 3.05) is 6.61 Å². The van der Waals surface area contributed by atoms with Crippen LogP contribution in [0.1, 0.15) is 6.92 Å². The van der Waals surface area contributed by atoms with Gasteiger partial charge in [-0.2, -0.15) is 65.9 Å². The van der Waals surface area contributed by atoms with Crippen LogP contribution in [0.4, 0.5) is 65.9 Å². The van der Waals surface area contributed by atoms with Gasteiger partial charge in [-0.25, -0.2) is 4.79 Å². The highest BCUT2D eigenvalue weighted by Crippen LogP contribution is 2.57. The van der Waals surface area contributed by atoms with Crippen LogP contribution in [0.2, 0.25) is 0 Å². The number of hydrogen-bond acceptors (Lipinski definition) is 3. The minimum atomic E-state index is -7.98. The Morgan fingerprint density at radius 1 is 0.679 bits per heavy atom. The van der Waals surface area contributed by atoms with Crippen molar-refractivity contribution in [1.82, 2.24) is 0 Å². The van der Waals surface area contributed by atoms with Crippen LogP contribution in [0.15, 0.2) is 0 Å². The Kier molecular flexibility index (Phi) is 6.61. The van der Waals surface area contributed by atoms with Gasteiger partial charge in [-0.05, 0) is 6.92 Å². The maximum absolute atomic E-state index is 13.2. The first-order chi connectivity index (χ1) is 11.9. The van der Waals surface area contributed by atoms with E-state index in [2.05, 4.69) is 4.74 Å². The van der Waals surface area contributed by atoms with Gasteiger partial charge in [0.2, 0.25) is 0 Å². The topological polar surface area (TPSA) is 35.5 Å². The van der Waals surface area contributed by atoms with E-state index < -0.39 is 54.7 Å². The lowest BCUT2D eigenvalue weighted by Gasteiger charge is -2.38. The van der Waals surface area contributed by atoms with E-state index >= 15 is 0 Å². The average Bonchev–Trinajstić information content (AvgIpc) is 2.43. The lowest BCUT2D eigenvalue weighted by atomic mass is 10.0. The van der Waals surface area contributed by atoms with E-state index in [0.29, 0.717) is 6.92 Å². The number of alkyl halides is 15. The molecule has 168 valence electrons. The second-order valence-electron chi connectivity index (χ2n) is 4.65. The van der Waals surface area contributed by atoms with E-state index in [4.69, 9.17) is 0 Å². The molecule has 0 aliphatic heterocycles. The summed E-state index contributed by atoms with van der Waals surface area (Å²) in [6, 6.07) is 0. The van der Waals surface area contributed by atoms with Crippen molar-refractivity contribution >= 4 is 5.97 Å². The molecule has 0 heterocycles. The Morgan fingerprint density at radius 3 is 1.32 bits per heavy atom. The van der Waals surface area contributed by atoms with Gasteiger partial charge in [0.25, 0.3) is 0 Å². The first-order valence-corrected chi connectivity index (χ1v) is 6.15. The summed E-state index contributed by atoms with van der Waals surface area (Å²) in [5.74, 6) is -33.9. The molecule has 0 atom stereocenters. The van der Waals surface area contributed by atoms with Crippen molar-refractivity contribution in [2.24, 2.45) is 0 Å². The van der Waals surface area contributed by atoms with Gasteiger partial charge in [0.1, 0.15) is 0 Å². The van der Waals surface area contributed by atoms with Crippen LogP contribution in [-0.4, -0.2) is 54.7 Å². The molecule has 0 rings (SSSR count). The number of carbonyl (C=O) groups excluding carboxylic acids is 1. The van der Waals surface area contributed by atoms with Crippen LogP contribution in [0, 0.1) is 0 Å². The number of rotatable bonds is 7. The largest absolute Gasteiger partial charge is 0.461 e. The van der Waals surface area contributed by atoms with Crippen LogP contribution in [0.25, 0.3) is 0 Å². The van der Waals surface area contributed by atoms with Gasteiger partial charge >= 0.3 is 48.1 Å². The lowest BCUT2D eigenvalue weighted by molar-refractivity contribution is -0.519. The molecule has 0 radical (unpaired) electrons. The minimum Gasteiger partial charge on any atom is -0.461 e. The summed E-state index contributed by atoms with van der Waals surface area (Å²) >= 11 is 0. The van der Waals surface area contributed by atoms with E-state index in [1.54, 1.807) is 0 Å².